The van der Waals surface area contributed by atoms with Crippen LogP contribution in [0.1, 0.15) is 60.3 Å². The van der Waals surface area contributed by atoms with Gasteiger partial charge in [-0.3, -0.25) is 9.59 Å². The van der Waals surface area contributed by atoms with Crippen LogP contribution in [0.4, 0.5) is 0 Å². The van der Waals surface area contributed by atoms with Crippen LogP contribution in [-0.2, 0) is 9.59 Å². The average Bonchev–Trinajstić information content (AvgIpc) is 3.04. The van der Waals surface area contributed by atoms with Gasteiger partial charge in [0, 0.05) is 0 Å². The highest BCUT2D eigenvalue weighted by molar-refractivity contribution is 6.01. The lowest BCUT2D eigenvalue weighted by Crippen LogP contribution is -2.34. The van der Waals surface area contributed by atoms with Gasteiger partial charge in [-0.25, -0.2) is 0 Å². The highest BCUT2D eigenvalue weighted by Gasteiger charge is 2.50. The highest BCUT2D eigenvalue weighted by Crippen LogP contribution is 2.58. The van der Waals surface area contributed by atoms with Crippen LogP contribution in [0.5, 0.6) is 0 Å². The van der Waals surface area contributed by atoms with Gasteiger partial charge in [-0.1, -0.05) is 49.3 Å². The number of carbonyl (C=O) groups is 2. The first-order valence-corrected chi connectivity index (χ1v) is 10.5. The molecule has 2 heteroatoms. The van der Waals surface area contributed by atoms with Gasteiger partial charge in [-0.05, 0) is 87.2 Å². The largest absolute Gasteiger partial charge is 0.298 e. The molecule has 0 aliphatic heterocycles. The Hall–Kier alpha value is -1.70. The second-order valence-electron chi connectivity index (χ2n) is 9.59. The van der Waals surface area contributed by atoms with E-state index in [9.17, 15) is 9.59 Å². The lowest BCUT2D eigenvalue weighted by atomic mass is 9.63. The van der Waals surface area contributed by atoms with Crippen LogP contribution >= 0.6 is 0 Å². The Morgan fingerprint density at radius 1 is 1.33 bits per heavy atom. The van der Waals surface area contributed by atoms with Crippen molar-refractivity contribution in [1.82, 2.24) is 0 Å². The van der Waals surface area contributed by atoms with Crippen molar-refractivity contribution in [2.24, 2.45) is 35.0 Å². The lowest BCUT2D eigenvalue weighted by molar-refractivity contribution is -0.119. The standard InChI is InChI=1S/C25H34O2/c1-16(2)7-6-8-17(3)20-11-12-25(5)14-21-18(4)13-23(27)24(21)19(15-26)9-10-22(20)25/h6-9,13,15,17,20-22,24H,10-12,14H2,1-5H3/b8-6+,19-9-/t17-,20+,21+,22-,24-,25+/m0/s1. The van der Waals surface area contributed by atoms with Gasteiger partial charge in [0.25, 0.3) is 0 Å². The van der Waals surface area contributed by atoms with E-state index in [1.54, 1.807) is 6.08 Å². The second-order valence-corrected chi connectivity index (χ2v) is 9.59. The summed E-state index contributed by atoms with van der Waals surface area (Å²) in [6.07, 6.45) is 16.0. The van der Waals surface area contributed by atoms with Gasteiger partial charge in [0.1, 0.15) is 6.29 Å². The topological polar surface area (TPSA) is 34.1 Å². The molecule has 0 aromatic carbocycles. The van der Waals surface area contributed by atoms with Crippen LogP contribution in [-0.4, -0.2) is 12.1 Å². The molecule has 2 nitrogen and oxygen atoms in total. The monoisotopic (exact) mass is 366 g/mol. The van der Waals surface area contributed by atoms with Gasteiger partial charge in [0.05, 0.1) is 5.92 Å². The van der Waals surface area contributed by atoms with E-state index in [1.165, 1.54) is 24.0 Å². The Morgan fingerprint density at radius 3 is 2.74 bits per heavy atom. The van der Waals surface area contributed by atoms with Crippen molar-refractivity contribution in [3.8, 4) is 0 Å². The zero-order valence-corrected chi connectivity index (χ0v) is 17.5. The fourth-order valence-corrected chi connectivity index (χ4v) is 5.88. The minimum absolute atomic E-state index is 0.130. The van der Waals surface area contributed by atoms with E-state index in [0.717, 1.165) is 24.7 Å². The minimum Gasteiger partial charge on any atom is -0.298 e. The molecule has 0 N–H and O–H groups in total. The first-order chi connectivity index (χ1) is 12.8. The van der Waals surface area contributed by atoms with Gasteiger partial charge >= 0.3 is 0 Å². The van der Waals surface area contributed by atoms with Gasteiger partial charge in [-0.15, -0.1) is 0 Å². The van der Waals surface area contributed by atoms with Gasteiger partial charge in [0.15, 0.2) is 5.78 Å². The molecule has 6 atom stereocenters. The number of hydrogen-bond donors (Lipinski definition) is 0. The quantitative estimate of drug-likeness (QED) is 0.461. The molecule has 146 valence electrons. The van der Waals surface area contributed by atoms with Crippen LogP contribution in [0.3, 0.4) is 0 Å². The summed E-state index contributed by atoms with van der Waals surface area (Å²) in [5.41, 5.74) is 3.45. The van der Waals surface area contributed by atoms with E-state index in [4.69, 9.17) is 0 Å². The molecular weight excluding hydrogens is 332 g/mol. The van der Waals surface area contributed by atoms with Crippen LogP contribution in [0, 0.1) is 35.0 Å². The normalized spacial score (nSPS) is 38.9. The van der Waals surface area contributed by atoms with E-state index in [1.807, 2.05) is 0 Å². The molecule has 1 saturated carbocycles. The molecule has 0 amide bonds. The third kappa shape index (κ3) is 3.81. The molecule has 0 aromatic heterocycles. The molecule has 3 rings (SSSR count). The zero-order chi connectivity index (χ0) is 19.8. The third-order valence-electron chi connectivity index (χ3n) is 7.43. The molecule has 27 heavy (non-hydrogen) atoms. The summed E-state index contributed by atoms with van der Waals surface area (Å²) in [4.78, 5) is 24.3. The molecule has 0 radical (unpaired) electrons. The molecule has 0 heterocycles. The zero-order valence-electron chi connectivity index (χ0n) is 17.5. The van der Waals surface area contributed by atoms with Crippen LogP contribution in [0.25, 0.3) is 0 Å². The number of allylic oxidation sites excluding steroid dienone is 8. The van der Waals surface area contributed by atoms with Crippen LogP contribution in [0.15, 0.2) is 47.1 Å². The van der Waals surface area contributed by atoms with E-state index < -0.39 is 0 Å². The number of carbonyl (C=O) groups excluding carboxylic acids is 2. The maximum Gasteiger partial charge on any atom is 0.163 e. The first-order valence-electron chi connectivity index (χ1n) is 10.5. The van der Waals surface area contributed by atoms with Gasteiger partial charge < -0.3 is 0 Å². The minimum atomic E-state index is -0.227. The van der Waals surface area contributed by atoms with Crippen molar-refractivity contribution in [3.05, 3.63) is 47.1 Å². The number of rotatable bonds is 4. The smallest absolute Gasteiger partial charge is 0.163 e. The molecule has 3 aliphatic rings. The van der Waals surface area contributed by atoms with Crippen molar-refractivity contribution in [2.45, 2.75) is 60.3 Å². The molecule has 0 aromatic rings. The number of fused-ring (bicyclic) bond motifs is 2. The average molecular weight is 367 g/mol. The molecular formula is C25H34O2. The fraction of sp³-hybridized carbons (Fsp3) is 0.600. The van der Waals surface area contributed by atoms with E-state index in [2.05, 4.69) is 58.9 Å². The molecule has 1 fully saturated rings. The Bertz CT molecular complexity index is 731. The summed E-state index contributed by atoms with van der Waals surface area (Å²) in [6.45, 7) is 11.1. The summed E-state index contributed by atoms with van der Waals surface area (Å²) in [6, 6.07) is 0. The summed E-state index contributed by atoms with van der Waals surface area (Å²) < 4.78 is 0. The summed E-state index contributed by atoms with van der Waals surface area (Å²) >= 11 is 0. The fourth-order valence-electron chi connectivity index (χ4n) is 5.88. The van der Waals surface area contributed by atoms with Gasteiger partial charge in [0.2, 0.25) is 0 Å². The number of aldehydes is 1. The SMILES string of the molecule is CC(C)=C/C=C/[C@H](C)[C@H]1CC[C@]2(C)C[C@@H]3C(C)=CC(=O)[C@H]3/C(C=O)=C\C[C@@H]12. The number of hydrogen-bond acceptors (Lipinski definition) is 2. The van der Waals surface area contributed by atoms with Crippen molar-refractivity contribution >= 4 is 12.1 Å². The Balaban J connectivity index is 1.90. The van der Waals surface area contributed by atoms with Crippen molar-refractivity contribution in [1.29, 1.82) is 0 Å². The second kappa shape index (κ2) is 7.73. The van der Waals surface area contributed by atoms with E-state index in [-0.39, 0.29) is 23.0 Å². The molecule has 0 spiro atoms. The summed E-state index contributed by atoms with van der Waals surface area (Å²) in [7, 11) is 0. The van der Waals surface area contributed by atoms with Gasteiger partial charge in [-0.2, -0.15) is 0 Å². The molecule has 0 bridgehead atoms. The Morgan fingerprint density at radius 2 is 2.07 bits per heavy atom. The molecule has 3 aliphatic carbocycles. The van der Waals surface area contributed by atoms with E-state index in [0.29, 0.717) is 17.8 Å². The van der Waals surface area contributed by atoms with Crippen molar-refractivity contribution in [3.63, 3.8) is 0 Å². The first kappa shape index (κ1) is 20.0. The lowest BCUT2D eigenvalue weighted by Gasteiger charge is -2.40. The highest BCUT2D eigenvalue weighted by atomic mass is 16.1. The molecule has 0 saturated heterocycles. The van der Waals surface area contributed by atoms with Crippen molar-refractivity contribution in [2.75, 3.05) is 0 Å². The van der Waals surface area contributed by atoms with Crippen LogP contribution in [0.2, 0.25) is 0 Å². The maximum atomic E-state index is 12.5. The van der Waals surface area contributed by atoms with Crippen molar-refractivity contribution < 1.29 is 9.59 Å². The summed E-state index contributed by atoms with van der Waals surface area (Å²) in [5.74, 6) is 1.84. The Kier molecular flexibility index (Phi) is 5.74. The predicted octanol–water partition coefficient (Wildman–Crippen LogP) is 5.86. The number of ketones is 1. The van der Waals surface area contributed by atoms with Crippen LogP contribution < -0.4 is 0 Å². The third-order valence-corrected chi connectivity index (χ3v) is 7.43. The van der Waals surface area contributed by atoms with E-state index >= 15 is 0 Å². The molecule has 0 unspecified atom stereocenters. The Labute approximate surface area is 164 Å². The predicted molar refractivity (Wildman–Crippen MR) is 111 cm³/mol. The maximum absolute atomic E-state index is 12.5. The summed E-state index contributed by atoms with van der Waals surface area (Å²) in [5, 5.41) is 0.